The lowest BCUT2D eigenvalue weighted by molar-refractivity contribution is -0.309. The molecule has 0 spiro atoms. The summed E-state index contributed by atoms with van der Waals surface area (Å²) < 4.78 is 30.3. The molecule has 0 saturated carbocycles. The predicted molar refractivity (Wildman–Crippen MR) is 74.4 cm³/mol. The third-order valence-electron chi connectivity index (χ3n) is 3.37. The third kappa shape index (κ3) is 3.20. The van der Waals surface area contributed by atoms with E-state index in [9.17, 15) is 23.1 Å². The van der Waals surface area contributed by atoms with Crippen LogP contribution in [-0.4, -0.2) is 44.5 Å². The van der Waals surface area contributed by atoms with E-state index in [0.717, 1.165) is 4.31 Å². The number of nitrogens with zero attached hydrogens (tertiary/aromatic N) is 1. The molecule has 1 saturated heterocycles. The average molecular weight is 327 g/mol. The number of rotatable bonds is 4. The summed E-state index contributed by atoms with van der Waals surface area (Å²) in [5, 5.41) is 13.4. The lowest BCUT2D eigenvalue weighted by Gasteiger charge is -2.24. The number of hydrogen-bond donors (Lipinski definition) is 1. The number of carbonyl (C=O) groups excluding carboxylic acids is 2. The molecule has 1 amide bonds. The quantitative estimate of drug-likeness (QED) is 0.816. The van der Waals surface area contributed by atoms with Crippen LogP contribution in [0.25, 0.3) is 0 Å². The molecule has 1 aliphatic heterocycles. The number of anilines is 1. The van der Waals surface area contributed by atoms with Gasteiger partial charge in [-0.3, -0.25) is 5.32 Å². The van der Waals surface area contributed by atoms with E-state index < -0.39 is 28.1 Å². The van der Waals surface area contributed by atoms with Crippen LogP contribution in [-0.2, 0) is 19.6 Å². The molecular weight excluding hydrogens is 312 g/mol. The standard InChI is InChI=1S/C13H16N2O6S/c1-21-13(18)14-9-4-6-10(7-5-9)22(19,20)15-8-2-3-11(15)12(16)17/h4-7,11H,2-3,8H2,1H3,(H,14,18)(H,16,17)/p-1/t11-/m0/s1. The molecule has 1 heterocycles. The zero-order valence-corrected chi connectivity index (χ0v) is 12.6. The van der Waals surface area contributed by atoms with Crippen LogP contribution in [0.2, 0.25) is 0 Å². The number of hydrogen-bond acceptors (Lipinski definition) is 6. The van der Waals surface area contributed by atoms with E-state index in [1.165, 1.54) is 31.4 Å². The van der Waals surface area contributed by atoms with Gasteiger partial charge in [0, 0.05) is 12.2 Å². The molecule has 0 bridgehead atoms. The number of carboxylic acid groups (broad SMARTS) is 1. The van der Waals surface area contributed by atoms with Crippen LogP contribution in [0.1, 0.15) is 12.8 Å². The Morgan fingerprint density at radius 1 is 1.32 bits per heavy atom. The number of carboxylic acids is 1. The van der Waals surface area contributed by atoms with Gasteiger partial charge in [-0.1, -0.05) is 0 Å². The number of carbonyl (C=O) groups is 2. The van der Waals surface area contributed by atoms with Gasteiger partial charge in [-0.05, 0) is 37.1 Å². The monoisotopic (exact) mass is 327 g/mol. The molecule has 0 unspecified atom stereocenters. The number of nitrogens with one attached hydrogen (secondary N) is 1. The highest BCUT2D eigenvalue weighted by Crippen LogP contribution is 2.26. The molecule has 1 aromatic carbocycles. The summed E-state index contributed by atoms with van der Waals surface area (Å²) in [6.45, 7) is 0.142. The first-order valence-electron chi connectivity index (χ1n) is 6.54. The van der Waals surface area contributed by atoms with Gasteiger partial charge in [0.2, 0.25) is 10.0 Å². The third-order valence-corrected chi connectivity index (χ3v) is 5.29. The minimum absolute atomic E-state index is 0.0453. The first-order chi connectivity index (χ1) is 10.4. The summed E-state index contributed by atoms with van der Waals surface area (Å²) in [7, 11) is -2.71. The second-order valence-corrected chi connectivity index (χ2v) is 6.62. The maximum atomic E-state index is 12.5. The van der Waals surface area contributed by atoms with Crippen molar-refractivity contribution >= 4 is 27.8 Å². The average Bonchev–Trinajstić information content (AvgIpc) is 2.98. The van der Waals surface area contributed by atoms with Crippen molar-refractivity contribution in [1.82, 2.24) is 4.31 Å². The van der Waals surface area contributed by atoms with Crippen molar-refractivity contribution in [3.05, 3.63) is 24.3 Å². The number of benzene rings is 1. The predicted octanol–water partition coefficient (Wildman–Crippen LogP) is -0.232. The topological polar surface area (TPSA) is 116 Å². The van der Waals surface area contributed by atoms with Gasteiger partial charge in [-0.2, -0.15) is 4.31 Å². The molecule has 0 aromatic heterocycles. The molecule has 1 fully saturated rings. The van der Waals surface area contributed by atoms with Crippen molar-refractivity contribution in [3.63, 3.8) is 0 Å². The minimum Gasteiger partial charge on any atom is -0.548 e. The number of amides is 1. The van der Waals surface area contributed by atoms with Crippen LogP contribution in [0.4, 0.5) is 10.5 Å². The summed E-state index contributed by atoms with van der Waals surface area (Å²) >= 11 is 0. The van der Waals surface area contributed by atoms with E-state index in [4.69, 9.17) is 0 Å². The van der Waals surface area contributed by atoms with Gasteiger partial charge in [-0.25, -0.2) is 13.2 Å². The number of sulfonamides is 1. The largest absolute Gasteiger partial charge is 0.548 e. The van der Waals surface area contributed by atoms with E-state index in [1.54, 1.807) is 0 Å². The zero-order chi connectivity index (χ0) is 16.3. The van der Waals surface area contributed by atoms with Gasteiger partial charge < -0.3 is 14.6 Å². The summed E-state index contributed by atoms with van der Waals surface area (Å²) in [5.41, 5.74) is 0.365. The Morgan fingerprint density at radius 2 is 1.95 bits per heavy atom. The number of ether oxygens (including phenoxy) is 1. The van der Waals surface area contributed by atoms with Crippen LogP contribution in [0.3, 0.4) is 0 Å². The summed E-state index contributed by atoms with van der Waals surface area (Å²) in [5.74, 6) is -1.40. The normalized spacial score (nSPS) is 18.9. The maximum Gasteiger partial charge on any atom is 0.411 e. The molecule has 1 aliphatic rings. The first-order valence-corrected chi connectivity index (χ1v) is 7.98. The molecule has 1 N–H and O–H groups in total. The summed E-state index contributed by atoms with van der Waals surface area (Å²) in [4.78, 5) is 22.0. The highest BCUT2D eigenvalue weighted by atomic mass is 32.2. The van der Waals surface area contributed by atoms with Crippen molar-refractivity contribution in [2.45, 2.75) is 23.8 Å². The van der Waals surface area contributed by atoms with Crippen LogP contribution in [0, 0.1) is 0 Å². The van der Waals surface area contributed by atoms with E-state index in [1.807, 2.05) is 0 Å². The maximum absolute atomic E-state index is 12.5. The molecule has 1 aromatic rings. The number of methoxy groups -OCH3 is 1. The van der Waals surface area contributed by atoms with Gasteiger partial charge in [0.25, 0.3) is 0 Å². The molecule has 120 valence electrons. The van der Waals surface area contributed by atoms with Gasteiger partial charge in [0.05, 0.1) is 24.0 Å². The highest BCUT2D eigenvalue weighted by molar-refractivity contribution is 7.89. The van der Waals surface area contributed by atoms with E-state index in [0.29, 0.717) is 12.1 Å². The van der Waals surface area contributed by atoms with Crippen molar-refractivity contribution < 1.29 is 27.9 Å². The minimum atomic E-state index is -3.92. The molecule has 0 radical (unpaired) electrons. The van der Waals surface area contributed by atoms with Crippen molar-refractivity contribution in [2.75, 3.05) is 19.0 Å². The Morgan fingerprint density at radius 3 is 2.50 bits per heavy atom. The van der Waals surface area contributed by atoms with Crippen LogP contribution >= 0.6 is 0 Å². The van der Waals surface area contributed by atoms with E-state index in [2.05, 4.69) is 10.1 Å². The Kier molecular flexibility index (Phi) is 4.67. The molecule has 1 atom stereocenters. The Labute approximate surface area is 127 Å². The highest BCUT2D eigenvalue weighted by Gasteiger charge is 2.35. The van der Waals surface area contributed by atoms with Gasteiger partial charge in [0.1, 0.15) is 0 Å². The number of aliphatic carboxylic acids is 1. The lowest BCUT2D eigenvalue weighted by atomic mass is 10.2. The fraction of sp³-hybridized carbons (Fsp3) is 0.385. The molecule has 9 heteroatoms. The first kappa shape index (κ1) is 16.2. The van der Waals surface area contributed by atoms with Crippen LogP contribution in [0.15, 0.2) is 29.2 Å². The Bertz CT molecular complexity index is 670. The fourth-order valence-corrected chi connectivity index (χ4v) is 3.92. The molecule has 22 heavy (non-hydrogen) atoms. The second kappa shape index (κ2) is 6.32. The van der Waals surface area contributed by atoms with Gasteiger partial charge in [0.15, 0.2) is 0 Å². The molecular formula is C13H15N2O6S-. The van der Waals surface area contributed by atoms with E-state index in [-0.39, 0.29) is 17.9 Å². The van der Waals surface area contributed by atoms with Crippen molar-refractivity contribution in [3.8, 4) is 0 Å². The Hall–Kier alpha value is -2.13. The second-order valence-electron chi connectivity index (χ2n) is 4.73. The van der Waals surface area contributed by atoms with E-state index >= 15 is 0 Å². The molecule has 2 rings (SSSR count). The fourth-order valence-electron chi connectivity index (χ4n) is 2.28. The van der Waals surface area contributed by atoms with Gasteiger partial charge in [-0.15, -0.1) is 0 Å². The SMILES string of the molecule is COC(=O)Nc1ccc(S(=O)(=O)N2CCC[C@H]2C(=O)[O-])cc1. The lowest BCUT2D eigenvalue weighted by Crippen LogP contribution is -2.46. The smallest absolute Gasteiger partial charge is 0.411 e. The Balaban J connectivity index is 2.23. The zero-order valence-electron chi connectivity index (χ0n) is 11.8. The van der Waals surface area contributed by atoms with Crippen LogP contribution < -0.4 is 10.4 Å². The summed E-state index contributed by atoms with van der Waals surface area (Å²) in [6.07, 6.45) is 0.0378. The van der Waals surface area contributed by atoms with Gasteiger partial charge >= 0.3 is 6.09 Å². The molecule has 8 nitrogen and oxygen atoms in total. The molecule has 0 aliphatic carbocycles. The van der Waals surface area contributed by atoms with Crippen LogP contribution in [0.5, 0.6) is 0 Å². The van der Waals surface area contributed by atoms with Crippen molar-refractivity contribution in [2.24, 2.45) is 0 Å². The summed E-state index contributed by atoms with van der Waals surface area (Å²) in [6, 6.07) is 4.25. The van der Waals surface area contributed by atoms with Crippen molar-refractivity contribution in [1.29, 1.82) is 0 Å².